The third kappa shape index (κ3) is 3.34. The van der Waals surface area contributed by atoms with Crippen LogP contribution in [0.4, 0.5) is 5.69 Å². The van der Waals surface area contributed by atoms with Gasteiger partial charge in [0.2, 0.25) is 5.91 Å². The first-order chi connectivity index (χ1) is 13.1. The maximum absolute atomic E-state index is 12.9. The summed E-state index contributed by atoms with van der Waals surface area (Å²) in [6, 6.07) is 5.60. The lowest BCUT2D eigenvalue weighted by molar-refractivity contribution is -0.133. The predicted octanol–water partition coefficient (Wildman–Crippen LogP) is 3.40. The van der Waals surface area contributed by atoms with Crippen molar-refractivity contribution >= 4 is 40.0 Å². The summed E-state index contributed by atoms with van der Waals surface area (Å²) in [5.74, 6) is 0.183. The number of benzene rings is 1. The topological polar surface area (TPSA) is 62.7 Å². The lowest BCUT2D eigenvalue weighted by atomic mass is 9.94. The Morgan fingerprint density at radius 3 is 2.93 bits per heavy atom. The van der Waals surface area contributed by atoms with Gasteiger partial charge in [0, 0.05) is 24.7 Å². The van der Waals surface area contributed by atoms with Crippen molar-refractivity contribution in [3.63, 3.8) is 0 Å². The summed E-state index contributed by atoms with van der Waals surface area (Å²) < 4.78 is 5.66. The lowest BCUT2D eigenvalue weighted by Crippen LogP contribution is -2.48. The minimum atomic E-state index is -0.251. The Balaban J connectivity index is 1.64. The van der Waals surface area contributed by atoms with Crippen LogP contribution in [-0.2, 0) is 9.59 Å². The highest BCUT2D eigenvalue weighted by Gasteiger charge is 2.32. The summed E-state index contributed by atoms with van der Waals surface area (Å²) in [5, 5.41) is 1.24. The van der Waals surface area contributed by atoms with Crippen LogP contribution in [0, 0.1) is 0 Å². The average Bonchev–Trinajstić information content (AvgIpc) is 2.70. The fourth-order valence-corrected chi connectivity index (χ4v) is 4.20. The Morgan fingerprint density at radius 2 is 2.15 bits per heavy atom. The molecule has 0 spiro atoms. The first-order valence-corrected chi connectivity index (χ1v) is 9.70. The maximum atomic E-state index is 12.9. The van der Waals surface area contributed by atoms with Gasteiger partial charge in [-0.05, 0) is 31.0 Å². The number of hydrogen-bond donors (Lipinski definition) is 0. The van der Waals surface area contributed by atoms with Crippen molar-refractivity contribution in [2.75, 3.05) is 25.1 Å². The van der Waals surface area contributed by atoms with Gasteiger partial charge in [-0.15, -0.1) is 0 Å². The minimum absolute atomic E-state index is 0.0170. The second kappa shape index (κ2) is 7.35. The van der Waals surface area contributed by atoms with Crippen LogP contribution in [0.2, 0.25) is 5.02 Å². The number of rotatable bonds is 3. The molecule has 2 heterocycles. The molecule has 2 aromatic rings. The SMILES string of the molecule is CN(C(=O)CN1C(=O)COc2c1cc(Cl)c1cccnc21)C1CCCCC1. The van der Waals surface area contributed by atoms with Gasteiger partial charge >= 0.3 is 0 Å². The Bertz CT molecular complexity index is 895. The van der Waals surface area contributed by atoms with Gasteiger partial charge in [-0.25, -0.2) is 0 Å². The molecule has 2 amide bonds. The van der Waals surface area contributed by atoms with E-state index in [2.05, 4.69) is 4.98 Å². The number of carbonyl (C=O) groups is 2. The molecule has 7 heteroatoms. The molecule has 0 atom stereocenters. The molecule has 1 saturated carbocycles. The van der Waals surface area contributed by atoms with E-state index in [1.54, 1.807) is 23.2 Å². The van der Waals surface area contributed by atoms with Crippen molar-refractivity contribution < 1.29 is 14.3 Å². The number of aromatic nitrogens is 1. The van der Waals surface area contributed by atoms with Gasteiger partial charge in [0.25, 0.3) is 5.91 Å². The van der Waals surface area contributed by atoms with E-state index in [9.17, 15) is 9.59 Å². The lowest BCUT2D eigenvalue weighted by Gasteiger charge is -2.34. The standard InChI is InChI=1S/C20H22ClN3O3/c1-23(13-6-3-2-4-7-13)17(25)11-24-16-10-15(21)14-8-5-9-22-19(14)20(16)27-12-18(24)26/h5,8-10,13H,2-4,6-7,11-12H2,1H3. The number of carbonyl (C=O) groups excluding carboxylic acids is 2. The number of amides is 2. The van der Waals surface area contributed by atoms with E-state index in [0.717, 1.165) is 31.1 Å². The molecule has 4 rings (SSSR count). The first-order valence-electron chi connectivity index (χ1n) is 9.32. The molecule has 0 saturated heterocycles. The normalized spacial score (nSPS) is 17.6. The monoisotopic (exact) mass is 387 g/mol. The molecule has 0 N–H and O–H groups in total. The Labute approximate surface area is 163 Å². The van der Waals surface area contributed by atoms with Crippen LogP contribution in [0.5, 0.6) is 5.75 Å². The van der Waals surface area contributed by atoms with Crippen molar-refractivity contribution in [2.24, 2.45) is 0 Å². The van der Waals surface area contributed by atoms with Crippen LogP contribution < -0.4 is 9.64 Å². The Morgan fingerprint density at radius 1 is 1.37 bits per heavy atom. The molecule has 6 nitrogen and oxygen atoms in total. The van der Waals surface area contributed by atoms with Gasteiger partial charge in [0.05, 0.1) is 10.7 Å². The number of fused-ring (bicyclic) bond motifs is 3. The molecule has 0 bridgehead atoms. The van der Waals surface area contributed by atoms with Gasteiger partial charge in [0.1, 0.15) is 12.1 Å². The van der Waals surface area contributed by atoms with Crippen LogP contribution in [0.15, 0.2) is 24.4 Å². The number of hydrogen-bond acceptors (Lipinski definition) is 4. The van der Waals surface area contributed by atoms with Crippen molar-refractivity contribution in [3.8, 4) is 5.75 Å². The highest BCUT2D eigenvalue weighted by molar-refractivity contribution is 6.36. The largest absolute Gasteiger partial charge is 0.479 e. The van der Waals surface area contributed by atoms with Crippen LogP contribution in [0.25, 0.3) is 10.9 Å². The number of nitrogens with zero attached hydrogens (tertiary/aromatic N) is 3. The summed E-state index contributed by atoms with van der Waals surface area (Å²) in [6.45, 7) is -0.127. The summed E-state index contributed by atoms with van der Waals surface area (Å²) in [6.07, 6.45) is 7.23. The summed E-state index contributed by atoms with van der Waals surface area (Å²) in [4.78, 5) is 33.0. The van der Waals surface area contributed by atoms with Crippen molar-refractivity contribution in [2.45, 2.75) is 38.1 Å². The van der Waals surface area contributed by atoms with E-state index < -0.39 is 0 Å². The van der Waals surface area contributed by atoms with Crippen molar-refractivity contribution in [1.82, 2.24) is 9.88 Å². The Hall–Kier alpha value is -2.34. The molecule has 27 heavy (non-hydrogen) atoms. The minimum Gasteiger partial charge on any atom is -0.479 e. The van der Waals surface area contributed by atoms with E-state index in [-0.39, 0.29) is 31.0 Å². The fraction of sp³-hybridized carbons (Fsp3) is 0.450. The zero-order valence-electron chi connectivity index (χ0n) is 15.3. The van der Waals surface area contributed by atoms with E-state index in [1.165, 1.54) is 11.3 Å². The molecule has 1 aromatic heterocycles. The van der Waals surface area contributed by atoms with Gasteiger partial charge in [-0.3, -0.25) is 19.5 Å². The van der Waals surface area contributed by atoms with Crippen LogP contribution in [0.3, 0.4) is 0 Å². The molecule has 2 aliphatic rings. The van der Waals surface area contributed by atoms with Crippen molar-refractivity contribution in [3.05, 3.63) is 29.4 Å². The maximum Gasteiger partial charge on any atom is 0.265 e. The second-order valence-corrected chi connectivity index (χ2v) is 7.58. The number of ether oxygens (including phenoxy) is 1. The zero-order chi connectivity index (χ0) is 19.0. The molecule has 1 aromatic carbocycles. The molecule has 142 valence electrons. The van der Waals surface area contributed by atoms with Crippen LogP contribution >= 0.6 is 11.6 Å². The molecular weight excluding hydrogens is 366 g/mol. The number of pyridine rings is 1. The van der Waals surface area contributed by atoms with E-state index in [0.29, 0.717) is 22.0 Å². The summed E-state index contributed by atoms with van der Waals surface area (Å²) in [5.41, 5.74) is 1.11. The third-order valence-corrected chi connectivity index (χ3v) is 5.83. The van der Waals surface area contributed by atoms with Crippen molar-refractivity contribution in [1.29, 1.82) is 0 Å². The highest BCUT2D eigenvalue weighted by Crippen LogP contribution is 2.41. The smallest absolute Gasteiger partial charge is 0.265 e. The van der Waals surface area contributed by atoms with Gasteiger partial charge < -0.3 is 9.64 Å². The third-order valence-electron chi connectivity index (χ3n) is 5.52. The van der Waals surface area contributed by atoms with E-state index in [4.69, 9.17) is 16.3 Å². The molecule has 1 fully saturated rings. The van der Waals surface area contributed by atoms with Gasteiger partial charge in [-0.1, -0.05) is 30.9 Å². The predicted molar refractivity (Wildman–Crippen MR) is 104 cm³/mol. The van der Waals surface area contributed by atoms with E-state index in [1.807, 2.05) is 13.1 Å². The summed E-state index contributed by atoms with van der Waals surface area (Å²) >= 11 is 6.40. The highest BCUT2D eigenvalue weighted by atomic mass is 35.5. The molecule has 1 aliphatic heterocycles. The molecular formula is C20H22ClN3O3. The van der Waals surface area contributed by atoms with Gasteiger partial charge in [0.15, 0.2) is 12.4 Å². The first kappa shape index (κ1) is 18.0. The molecule has 0 radical (unpaired) electrons. The van der Waals surface area contributed by atoms with Crippen LogP contribution in [0.1, 0.15) is 32.1 Å². The quantitative estimate of drug-likeness (QED) is 0.809. The molecule has 1 aliphatic carbocycles. The number of anilines is 1. The number of halogens is 1. The average molecular weight is 388 g/mol. The zero-order valence-corrected chi connectivity index (χ0v) is 16.0. The van der Waals surface area contributed by atoms with E-state index >= 15 is 0 Å². The summed E-state index contributed by atoms with van der Waals surface area (Å²) in [7, 11) is 1.83. The fourth-order valence-electron chi connectivity index (χ4n) is 3.94. The second-order valence-electron chi connectivity index (χ2n) is 7.17. The Kier molecular flexibility index (Phi) is 4.91. The van der Waals surface area contributed by atoms with Gasteiger partial charge in [-0.2, -0.15) is 0 Å². The molecule has 0 unspecified atom stereocenters. The number of likely N-dealkylation sites (N-methyl/N-ethyl adjacent to an activating group) is 1. The van der Waals surface area contributed by atoms with Crippen LogP contribution in [-0.4, -0.2) is 47.9 Å².